The van der Waals surface area contributed by atoms with Crippen LogP contribution in [-0.4, -0.2) is 50.6 Å². The average molecular weight is 334 g/mol. The molecule has 1 aliphatic heterocycles. The fraction of sp³-hybridized carbons (Fsp3) is 0.632. The van der Waals surface area contributed by atoms with Gasteiger partial charge in [-0.3, -0.25) is 4.99 Å². The average Bonchev–Trinajstić information content (AvgIpc) is 3.03. The zero-order chi connectivity index (χ0) is 17.6. The zero-order valence-electron chi connectivity index (χ0n) is 15.4. The van der Waals surface area contributed by atoms with Gasteiger partial charge in [0, 0.05) is 32.1 Å². The Labute approximate surface area is 145 Å². The Kier molecular flexibility index (Phi) is 6.60. The van der Waals surface area contributed by atoms with Crippen LogP contribution in [0.25, 0.3) is 0 Å². The van der Waals surface area contributed by atoms with Crippen molar-refractivity contribution in [2.75, 3.05) is 39.8 Å². The third kappa shape index (κ3) is 5.20. The molecule has 0 amide bonds. The van der Waals surface area contributed by atoms with Crippen molar-refractivity contribution in [2.45, 2.75) is 32.6 Å². The molecule has 0 aliphatic carbocycles. The van der Waals surface area contributed by atoms with Crippen LogP contribution in [0.3, 0.4) is 0 Å². The molecule has 0 saturated carbocycles. The lowest BCUT2D eigenvalue weighted by Crippen LogP contribution is -2.45. The molecule has 1 saturated heterocycles. The normalized spacial score (nSPS) is 19.5. The van der Waals surface area contributed by atoms with Crippen molar-refractivity contribution in [3.63, 3.8) is 0 Å². The van der Waals surface area contributed by atoms with Crippen LogP contribution in [0.15, 0.2) is 29.3 Å². The highest BCUT2D eigenvalue weighted by Crippen LogP contribution is 2.22. The van der Waals surface area contributed by atoms with E-state index in [-0.39, 0.29) is 11.2 Å². The first-order valence-corrected chi connectivity index (χ1v) is 8.87. The van der Waals surface area contributed by atoms with Crippen LogP contribution in [0.4, 0.5) is 4.39 Å². The standard InChI is InChI=1S/C19H31FN4/c1-5-24-10-9-15(13-24)12-22-18(21-4)23-14-19(2,3)16-7-6-8-17(20)11-16/h6-8,11,15H,5,9-10,12-14H2,1-4H3,(H2,21,22,23). The van der Waals surface area contributed by atoms with Crippen LogP contribution in [0.2, 0.25) is 0 Å². The van der Waals surface area contributed by atoms with Crippen LogP contribution in [-0.2, 0) is 5.41 Å². The molecule has 4 nitrogen and oxygen atoms in total. The molecule has 1 unspecified atom stereocenters. The van der Waals surface area contributed by atoms with E-state index < -0.39 is 0 Å². The van der Waals surface area contributed by atoms with Gasteiger partial charge in [-0.1, -0.05) is 32.9 Å². The van der Waals surface area contributed by atoms with Crippen molar-refractivity contribution in [3.05, 3.63) is 35.6 Å². The maximum Gasteiger partial charge on any atom is 0.191 e. The van der Waals surface area contributed by atoms with E-state index in [1.807, 2.05) is 6.07 Å². The predicted octanol–water partition coefficient (Wildman–Crippen LogP) is 2.61. The third-order valence-corrected chi connectivity index (χ3v) is 4.90. The van der Waals surface area contributed by atoms with Gasteiger partial charge in [-0.2, -0.15) is 0 Å². The predicted molar refractivity (Wildman–Crippen MR) is 99.0 cm³/mol. The van der Waals surface area contributed by atoms with E-state index in [4.69, 9.17) is 0 Å². The third-order valence-electron chi connectivity index (χ3n) is 4.90. The lowest BCUT2D eigenvalue weighted by atomic mass is 9.84. The van der Waals surface area contributed by atoms with Crippen molar-refractivity contribution < 1.29 is 4.39 Å². The highest BCUT2D eigenvalue weighted by atomic mass is 19.1. The van der Waals surface area contributed by atoms with E-state index in [9.17, 15) is 4.39 Å². The summed E-state index contributed by atoms with van der Waals surface area (Å²) in [5.74, 6) is 1.30. The van der Waals surface area contributed by atoms with E-state index in [1.165, 1.54) is 19.0 Å². The number of hydrogen-bond acceptors (Lipinski definition) is 2. The Morgan fingerprint density at radius 1 is 1.38 bits per heavy atom. The monoisotopic (exact) mass is 334 g/mol. The Morgan fingerprint density at radius 3 is 2.79 bits per heavy atom. The maximum absolute atomic E-state index is 13.5. The van der Waals surface area contributed by atoms with Gasteiger partial charge in [0.15, 0.2) is 5.96 Å². The van der Waals surface area contributed by atoms with Crippen LogP contribution >= 0.6 is 0 Å². The number of benzene rings is 1. The molecule has 2 N–H and O–H groups in total. The Hall–Kier alpha value is -1.62. The summed E-state index contributed by atoms with van der Waals surface area (Å²) in [6, 6.07) is 6.82. The van der Waals surface area contributed by atoms with E-state index in [0.717, 1.165) is 31.2 Å². The topological polar surface area (TPSA) is 39.7 Å². The minimum Gasteiger partial charge on any atom is -0.356 e. The van der Waals surface area contributed by atoms with Gasteiger partial charge in [-0.05, 0) is 43.1 Å². The van der Waals surface area contributed by atoms with Crippen molar-refractivity contribution in [1.29, 1.82) is 0 Å². The molecule has 0 spiro atoms. The molecule has 5 heteroatoms. The number of guanidine groups is 1. The number of likely N-dealkylation sites (tertiary alicyclic amines) is 1. The van der Waals surface area contributed by atoms with E-state index in [0.29, 0.717) is 12.5 Å². The summed E-state index contributed by atoms with van der Waals surface area (Å²) in [6.45, 7) is 11.6. The Morgan fingerprint density at radius 2 is 2.17 bits per heavy atom. The first kappa shape index (κ1) is 18.7. The second kappa shape index (κ2) is 8.47. The van der Waals surface area contributed by atoms with Gasteiger partial charge in [0.1, 0.15) is 5.82 Å². The molecule has 1 aromatic carbocycles. The molecule has 1 aromatic rings. The maximum atomic E-state index is 13.5. The molecular formula is C19H31FN4. The van der Waals surface area contributed by atoms with Crippen LogP contribution < -0.4 is 10.6 Å². The molecule has 0 aromatic heterocycles. The van der Waals surface area contributed by atoms with E-state index in [2.05, 4.69) is 41.3 Å². The highest BCUT2D eigenvalue weighted by molar-refractivity contribution is 5.79. The number of nitrogens with one attached hydrogen (secondary N) is 2. The smallest absolute Gasteiger partial charge is 0.191 e. The number of rotatable bonds is 6. The van der Waals surface area contributed by atoms with Crippen molar-refractivity contribution in [3.8, 4) is 0 Å². The van der Waals surface area contributed by atoms with Gasteiger partial charge in [0.25, 0.3) is 0 Å². The van der Waals surface area contributed by atoms with Gasteiger partial charge < -0.3 is 15.5 Å². The number of hydrogen-bond donors (Lipinski definition) is 2. The Bertz CT molecular complexity index is 556. The molecular weight excluding hydrogens is 303 g/mol. The highest BCUT2D eigenvalue weighted by Gasteiger charge is 2.23. The van der Waals surface area contributed by atoms with Crippen LogP contribution in [0, 0.1) is 11.7 Å². The zero-order valence-corrected chi connectivity index (χ0v) is 15.4. The summed E-state index contributed by atoms with van der Waals surface area (Å²) in [6.07, 6.45) is 1.24. The molecule has 1 atom stereocenters. The fourth-order valence-electron chi connectivity index (χ4n) is 3.14. The summed E-state index contributed by atoms with van der Waals surface area (Å²) in [5, 5.41) is 6.81. The lowest BCUT2D eigenvalue weighted by Gasteiger charge is -2.27. The number of aliphatic imine (C=N–C) groups is 1. The largest absolute Gasteiger partial charge is 0.356 e. The van der Waals surface area contributed by atoms with Gasteiger partial charge >= 0.3 is 0 Å². The van der Waals surface area contributed by atoms with E-state index >= 15 is 0 Å². The fourth-order valence-corrected chi connectivity index (χ4v) is 3.14. The molecule has 1 fully saturated rings. The van der Waals surface area contributed by atoms with Gasteiger partial charge in [-0.15, -0.1) is 0 Å². The first-order valence-electron chi connectivity index (χ1n) is 8.87. The van der Waals surface area contributed by atoms with Gasteiger partial charge in [0.2, 0.25) is 0 Å². The molecule has 2 rings (SSSR count). The Balaban J connectivity index is 1.82. The quantitative estimate of drug-likeness (QED) is 0.620. The molecule has 134 valence electrons. The molecule has 0 radical (unpaired) electrons. The lowest BCUT2D eigenvalue weighted by molar-refractivity contribution is 0.341. The second-order valence-corrected chi connectivity index (χ2v) is 7.25. The summed E-state index contributed by atoms with van der Waals surface area (Å²) in [4.78, 5) is 6.79. The molecule has 1 aliphatic rings. The molecule has 0 bridgehead atoms. The first-order chi connectivity index (χ1) is 11.4. The van der Waals surface area contributed by atoms with Crippen LogP contribution in [0.1, 0.15) is 32.8 Å². The second-order valence-electron chi connectivity index (χ2n) is 7.25. The number of halogens is 1. The molecule has 1 heterocycles. The van der Waals surface area contributed by atoms with Gasteiger partial charge in [-0.25, -0.2) is 4.39 Å². The minimum absolute atomic E-state index is 0.175. The van der Waals surface area contributed by atoms with Gasteiger partial charge in [0.05, 0.1) is 0 Å². The summed E-state index contributed by atoms with van der Waals surface area (Å²) >= 11 is 0. The summed E-state index contributed by atoms with van der Waals surface area (Å²) < 4.78 is 13.5. The van der Waals surface area contributed by atoms with E-state index in [1.54, 1.807) is 19.2 Å². The van der Waals surface area contributed by atoms with Crippen molar-refractivity contribution in [1.82, 2.24) is 15.5 Å². The van der Waals surface area contributed by atoms with Crippen molar-refractivity contribution >= 4 is 5.96 Å². The van der Waals surface area contributed by atoms with Crippen molar-refractivity contribution in [2.24, 2.45) is 10.9 Å². The summed E-state index contributed by atoms with van der Waals surface area (Å²) in [7, 11) is 1.79. The summed E-state index contributed by atoms with van der Waals surface area (Å²) in [5.41, 5.74) is 0.811. The SMILES string of the molecule is CCN1CCC(CNC(=NC)NCC(C)(C)c2cccc(F)c2)C1. The molecule has 24 heavy (non-hydrogen) atoms. The minimum atomic E-state index is -0.190. The number of nitrogens with zero attached hydrogens (tertiary/aromatic N) is 2. The van der Waals surface area contributed by atoms with Crippen LogP contribution in [0.5, 0.6) is 0 Å².